The van der Waals surface area contributed by atoms with Crippen LogP contribution in [0.1, 0.15) is 70.6 Å². The van der Waals surface area contributed by atoms with Crippen LogP contribution < -0.4 is 0 Å². The van der Waals surface area contributed by atoms with Gasteiger partial charge in [-0.1, -0.05) is 56.4 Å². The molecule has 0 radical (unpaired) electrons. The number of hydrogen-bond acceptors (Lipinski definition) is 4. The van der Waals surface area contributed by atoms with Crippen molar-refractivity contribution in [2.45, 2.75) is 82.8 Å². The van der Waals surface area contributed by atoms with Gasteiger partial charge in [0.15, 0.2) is 0 Å². The lowest BCUT2D eigenvalue weighted by atomic mass is 9.85. The highest BCUT2D eigenvalue weighted by Gasteiger charge is 2.39. The summed E-state index contributed by atoms with van der Waals surface area (Å²) >= 11 is 0. The van der Waals surface area contributed by atoms with E-state index in [2.05, 4.69) is 0 Å². The first-order valence-electron chi connectivity index (χ1n) is 10.4. The SMILES string of the molecule is O=C(O)CCC/C=C\C[C@@H]1C(=O)C[C@@H](O)[C@@H]1/C=C/[C@@H](O)CC1CCCCC1. The molecule has 0 aliphatic heterocycles. The van der Waals surface area contributed by atoms with Gasteiger partial charge in [0.25, 0.3) is 0 Å². The van der Waals surface area contributed by atoms with E-state index in [-0.39, 0.29) is 30.5 Å². The lowest BCUT2D eigenvalue weighted by Gasteiger charge is -2.23. The van der Waals surface area contributed by atoms with Gasteiger partial charge in [0.2, 0.25) is 0 Å². The zero-order chi connectivity index (χ0) is 19.6. The standard InChI is InChI=1S/C22H34O5/c23-17(14-16-8-4-3-5-9-16)12-13-19-18(20(24)15-21(19)25)10-6-1-2-7-11-22(26)27/h1,6,12-13,16-19,21,23,25H,2-5,7-11,14-15H2,(H,26,27)/b6-1-,13-12+/t17-,18+,19-,21-/m1/s1. The van der Waals surface area contributed by atoms with E-state index in [0.29, 0.717) is 25.2 Å². The maximum Gasteiger partial charge on any atom is 0.303 e. The van der Waals surface area contributed by atoms with E-state index in [0.717, 1.165) is 6.42 Å². The molecule has 0 unspecified atom stereocenters. The fraction of sp³-hybridized carbons (Fsp3) is 0.727. The summed E-state index contributed by atoms with van der Waals surface area (Å²) in [6.07, 6.45) is 15.3. The number of aliphatic hydroxyl groups excluding tert-OH is 2. The van der Waals surface area contributed by atoms with Crippen molar-refractivity contribution >= 4 is 11.8 Å². The number of aliphatic carboxylic acids is 1. The number of hydrogen-bond donors (Lipinski definition) is 3. The summed E-state index contributed by atoms with van der Waals surface area (Å²) in [6.45, 7) is 0. The molecule has 0 aromatic carbocycles. The predicted molar refractivity (Wildman–Crippen MR) is 104 cm³/mol. The van der Waals surface area contributed by atoms with Crippen molar-refractivity contribution in [1.29, 1.82) is 0 Å². The number of carboxylic acid groups (broad SMARTS) is 1. The Bertz CT molecular complexity index is 533. The summed E-state index contributed by atoms with van der Waals surface area (Å²) in [5.74, 6) is -0.655. The highest BCUT2D eigenvalue weighted by atomic mass is 16.4. The summed E-state index contributed by atoms with van der Waals surface area (Å²) in [7, 11) is 0. The number of allylic oxidation sites excluding steroid dienone is 2. The molecule has 2 fully saturated rings. The first-order valence-corrected chi connectivity index (χ1v) is 10.4. The van der Waals surface area contributed by atoms with E-state index in [1.165, 1.54) is 32.1 Å². The Morgan fingerprint density at radius 3 is 2.63 bits per heavy atom. The predicted octanol–water partition coefficient (Wildman–Crippen LogP) is 3.64. The molecular weight excluding hydrogens is 344 g/mol. The number of Topliss-reactive ketones (excluding diaryl/α,β-unsaturated/α-hetero) is 1. The molecule has 27 heavy (non-hydrogen) atoms. The summed E-state index contributed by atoms with van der Waals surface area (Å²) in [5.41, 5.74) is 0. The molecular formula is C22H34O5. The Kier molecular flexibility index (Phi) is 9.22. The van der Waals surface area contributed by atoms with Crippen LogP contribution in [0.15, 0.2) is 24.3 Å². The van der Waals surface area contributed by atoms with Gasteiger partial charge in [-0.05, 0) is 31.6 Å². The average Bonchev–Trinajstić information content (AvgIpc) is 2.89. The number of carboxylic acids is 1. The van der Waals surface area contributed by atoms with E-state index in [1.807, 2.05) is 18.2 Å². The largest absolute Gasteiger partial charge is 0.481 e. The molecule has 2 aliphatic rings. The van der Waals surface area contributed by atoms with Crippen LogP contribution in [0.4, 0.5) is 0 Å². The van der Waals surface area contributed by atoms with Crippen LogP contribution in [0, 0.1) is 17.8 Å². The van der Waals surface area contributed by atoms with Crippen molar-refractivity contribution in [2.75, 3.05) is 0 Å². The molecule has 0 bridgehead atoms. The van der Waals surface area contributed by atoms with Crippen LogP contribution >= 0.6 is 0 Å². The first kappa shape index (κ1) is 21.8. The first-order chi connectivity index (χ1) is 13.0. The summed E-state index contributed by atoms with van der Waals surface area (Å²) < 4.78 is 0. The zero-order valence-electron chi connectivity index (χ0n) is 16.1. The third kappa shape index (κ3) is 7.59. The second-order valence-corrected chi connectivity index (χ2v) is 8.11. The van der Waals surface area contributed by atoms with Crippen molar-refractivity contribution in [1.82, 2.24) is 0 Å². The van der Waals surface area contributed by atoms with Gasteiger partial charge in [-0.2, -0.15) is 0 Å². The normalized spacial score (nSPS) is 28.4. The zero-order valence-corrected chi connectivity index (χ0v) is 16.1. The molecule has 0 heterocycles. The maximum absolute atomic E-state index is 12.2. The van der Waals surface area contributed by atoms with Crippen LogP contribution in [-0.4, -0.2) is 39.3 Å². The third-order valence-corrected chi connectivity index (χ3v) is 5.91. The maximum atomic E-state index is 12.2. The minimum absolute atomic E-state index is 0.0640. The number of carbonyl (C=O) groups excluding carboxylic acids is 1. The van der Waals surface area contributed by atoms with Crippen molar-refractivity contribution in [3.8, 4) is 0 Å². The molecule has 2 saturated carbocycles. The monoisotopic (exact) mass is 378 g/mol. The lowest BCUT2D eigenvalue weighted by molar-refractivity contribution is -0.137. The molecule has 0 spiro atoms. The Morgan fingerprint density at radius 2 is 1.93 bits per heavy atom. The van der Waals surface area contributed by atoms with Crippen molar-refractivity contribution in [2.24, 2.45) is 17.8 Å². The highest BCUT2D eigenvalue weighted by molar-refractivity contribution is 5.84. The van der Waals surface area contributed by atoms with E-state index in [4.69, 9.17) is 5.11 Å². The Balaban J connectivity index is 1.81. The molecule has 4 atom stereocenters. The summed E-state index contributed by atoms with van der Waals surface area (Å²) in [4.78, 5) is 22.7. The van der Waals surface area contributed by atoms with Crippen molar-refractivity contribution < 1.29 is 24.9 Å². The Labute approximate surface area is 162 Å². The van der Waals surface area contributed by atoms with Crippen LogP contribution in [0.25, 0.3) is 0 Å². The average molecular weight is 379 g/mol. The van der Waals surface area contributed by atoms with Gasteiger partial charge >= 0.3 is 5.97 Å². The number of carbonyl (C=O) groups is 2. The van der Waals surface area contributed by atoms with Gasteiger partial charge in [-0.15, -0.1) is 0 Å². The van der Waals surface area contributed by atoms with Gasteiger partial charge < -0.3 is 15.3 Å². The van der Waals surface area contributed by atoms with Crippen LogP contribution in [0.5, 0.6) is 0 Å². The summed E-state index contributed by atoms with van der Waals surface area (Å²) in [6, 6.07) is 0. The molecule has 3 N–H and O–H groups in total. The quantitative estimate of drug-likeness (QED) is 0.398. The fourth-order valence-corrected chi connectivity index (χ4v) is 4.36. The van der Waals surface area contributed by atoms with Crippen LogP contribution in [-0.2, 0) is 9.59 Å². The summed E-state index contributed by atoms with van der Waals surface area (Å²) in [5, 5.41) is 29.1. The van der Waals surface area contributed by atoms with Crippen molar-refractivity contribution in [3.63, 3.8) is 0 Å². The molecule has 2 aliphatic carbocycles. The van der Waals surface area contributed by atoms with E-state index in [9.17, 15) is 19.8 Å². The van der Waals surface area contributed by atoms with Gasteiger partial charge in [-0.25, -0.2) is 0 Å². The molecule has 152 valence electrons. The Morgan fingerprint density at radius 1 is 1.19 bits per heavy atom. The second kappa shape index (κ2) is 11.4. The Hall–Kier alpha value is -1.46. The highest BCUT2D eigenvalue weighted by Crippen LogP contribution is 2.34. The smallest absolute Gasteiger partial charge is 0.303 e. The van der Waals surface area contributed by atoms with Gasteiger partial charge in [0, 0.05) is 24.7 Å². The third-order valence-electron chi connectivity index (χ3n) is 5.91. The minimum Gasteiger partial charge on any atom is -0.481 e. The molecule has 0 amide bonds. The van der Waals surface area contributed by atoms with E-state index < -0.39 is 18.2 Å². The number of unbranched alkanes of at least 4 members (excludes halogenated alkanes) is 1. The molecule has 0 saturated heterocycles. The molecule has 5 nitrogen and oxygen atoms in total. The van der Waals surface area contributed by atoms with Crippen LogP contribution in [0.2, 0.25) is 0 Å². The van der Waals surface area contributed by atoms with Gasteiger partial charge in [0.1, 0.15) is 5.78 Å². The number of rotatable bonds is 10. The van der Waals surface area contributed by atoms with Crippen molar-refractivity contribution in [3.05, 3.63) is 24.3 Å². The topological polar surface area (TPSA) is 94.8 Å². The van der Waals surface area contributed by atoms with Gasteiger partial charge in [0.05, 0.1) is 12.2 Å². The molecule has 2 rings (SSSR count). The lowest BCUT2D eigenvalue weighted by Crippen LogP contribution is -2.19. The molecule has 0 aromatic rings. The number of ketones is 1. The fourth-order valence-electron chi connectivity index (χ4n) is 4.36. The van der Waals surface area contributed by atoms with Crippen LogP contribution in [0.3, 0.4) is 0 Å². The molecule has 5 heteroatoms. The molecule has 0 aromatic heterocycles. The van der Waals surface area contributed by atoms with E-state index in [1.54, 1.807) is 6.08 Å². The minimum atomic E-state index is -0.797. The number of aliphatic hydroxyl groups is 2. The second-order valence-electron chi connectivity index (χ2n) is 8.11. The van der Waals surface area contributed by atoms with Gasteiger partial charge in [-0.3, -0.25) is 9.59 Å². The van der Waals surface area contributed by atoms with E-state index >= 15 is 0 Å².